The number of carboxylic acid groups (broad SMARTS) is 1. The molecule has 1 aromatic carbocycles. The zero-order valence-corrected chi connectivity index (χ0v) is 15.4. The largest absolute Gasteiger partial charge is 0.481 e. The molecule has 0 unspecified atom stereocenters. The van der Waals surface area contributed by atoms with Gasteiger partial charge < -0.3 is 10.0 Å². The molecule has 1 saturated carbocycles. The third kappa shape index (κ3) is 3.74. The summed E-state index contributed by atoms with van der Waals surface area (Å²) in [7, 11) is 0. The molecule has 3 rings (SSSR count). The minimum Gasteiger partial charge on any atom is -0.481 e. The highest BCUT2D eigenvalue weighted by Crippen LogP contribution is 2.39. The van der Waals surface area contributed by atoms with E-state index in [4.69, 9.17) is 0 Å². The summed E-state index contributed by atoms with van der Waals surface area (Å²) in [5.74, 6) is 0.518. The molecule has 4 heteroatoms. The maximum Gasteiger partial charge on any atom is 0.314 e. The van der Waals surface area contributed by atoms with Gasteiger partial charge in [0.15, 0.2) is 0 Å². The highest BCUT2D eigenvalue weighted by Gasteiger charge is 2.44. The van der Waals surface area contributed by atoms with E-state index in [9.17, 15) is 14.3 Å². The van der Waals surface area contributed by atoms with Gasteiger partial charge >= 0.3 is 5.97 Å². The van der Waals surface area contributed by atoms with Crippen LogP contribution in [0.5, 0.6) is 0 Å². The fourth-order valence-electron chi connectivity index (χ4n) is 4.80. The van der Waals surface area contributed by atoms with Crippen LogP contribution in [0, 0.1) is 17.7 Å². The Balaban J connectivity index is 1.65. The topological polar surface area (TPSA) is 40.5 Å². The monoisotopic (exact) mass is 347 g/mol. The van der Waals surface area contributed by atoms with Crippen LogP contribution in [0.3, 0.4) is 0 Å². The van der Waals surface area contributed by atoms with Crippen molar-refractivity contribution in [1.82, 2.24) is 4.90 Å². The van der Waals surface area contributed by atoms with Crippen LogP contribution < -0.4 is 0 Å². The molecule has 1 aliphatic carbocycles. The lowest BCUT2D eigenvalue weighted by atomic mass is 9.72. The molecule has 1 aliphatic heterocycles. The van der Waals surface area contributed by atoms with E-state index < -0.39 is 11.4 Å². The summed E-state index contributed by atoms with van der Waals surface area (Å²) in [5, 5.41) is 9.89. The van der Waals surface area contributed by atoms with Gasteiger partial charge in [-0.25, -0.2) is 4.39 Å². The van der Waals surface area contributed by atoms with Gasteiger partial charge in [0.05, 0.1) is 5.41 Å². The number of piperidine rings is 1. The van der Waals surface area contributed by atoms with Crippen molar-refractivity contribution < 1.29 is 14.3 Å². The first kappa shape index (κ1) is 18.4. The molecule has 1 saturated heterocycles. The summed E-state index contributed by atoms with van der Waals surface area (Å²) >= 11 is 0. The average Bonchev–Trinajstić information content (AvgIpc) is 2.62. The Bertz CT molecular complexity index is 582. The summed E-state index contributed by atoms with van der Waals surface area (Å²) in [4.78, 5) is 14.6. The lowest BCUT2D eigenvalue weighted by Gasteiger charge is -2.44. The number of carbonyl (C=O) groups is 1. The van der Waals surface area contributed by atoms with Crippen LogP contribution in [0.15, 0.2) is 24.3 Å². The van der Waals surface area contributed by atoms with Crippen LogP contribution in [0.1, 0.15) is 57.9 Å². The zero-order chi connectivity index (χ0) is 18.0. The van der Waals surface area contributed by atoms with Gasteiger partial charge in [-0.1, -0.05) is 26.0 Å². The second-order valence-electron chi connectivity index (χ2n) is 8.24. The van der Waals surface area contributed by atoms with Crippen LogP contribution in [0.25, 0.3) is 0 Å². The molecule has 0 bridgehead atoms. The van der Waals surface area contributed by atoms with Gasteiger partial charge in [-0.2, -0.15) is 0 Å². The zero-order valence-electron chi connectivity index (χ0n) is 15.4. The molecular weight excluding hydrogens is 317 g/mol. The van der Waals surface area contributed by atoms with Crippen molar-refractivity contribution in [3.05, 3.63) is 35.6 Å². The SMILES string of the molecule is CC(C)C1CCC(N2CCC(C(=O)O)(c3ccc(F)cc3)CC2)CC1. The van der Waals surface area contributed by atoms with Crippen LogP contribution in [0.4, 0.5) is 4.39 Å². The van der Waals surface area contributed by atoms with E-state index in [2.05, 4.69) is 18.7 Å². The number of benzene rings is 1. The summed E-state index contributed by atoms with van der Waals surface area (Å²) in [6, 6.07) is 6.65. The molecule has 0 aromatic heterocycles. The lowest BCUT2D eigenvalue weighted by Crippen LogP contribution is -2.51. The average molecular weight is 347 g/mol. The standard InChI is InChI=1S/C21H30FNO2/c1-15(2)16-3-9-19(10-4-16)23-13-11-21(12-14-23,20(24)25)17-5-7-18(22)8-6-17/h5-8,15-16,19H,3-4,9-14H2,1-2H3,(H,24,25). The fraction of sp³-hybridized carbons (Fsp3) is 0.667. The lowest BCUT2D eigenvalue weighted by molar-refractivity contribution is -0.146. The molecule has 3 nitrogen and oxygen atoms in total. The molecule has 0 spiro atoms. The Morgan fingerprint density at radius 1 is 1.12 bits per heavy atom. The van der Waals surface area contributed by atoms with E-state index in [1.807, 2.05) is 0 Å². The fourth-order valence-corrected chi connectivity index (χ4v) is 4.80. The minimum atomic E-state index is -0.862. The maximum absolute atomic E-state index is 13.2. The van der Waals surface area contributed by atoms with Crippen molar-refractivity contribution in [2.45, 2.75) is 63.8 Å². The van der Waals surface area contributed by atoms with E-state index in [1.54, 1.807) is 12.1 Å². The van der Waals surface area contributed by atoms with Crippen LogP contribution in [-0.2, 0) is 10.2 Å². The van der Waals surface area contributed by atoms with Crippen LogP contribution >= 0.6 is 0 Å². The number of rotatable bonds is 4. The van der Waals surface area contributed by atoms with E-state index in [1.165, 1.54) is 37.8 Å². The molecular formula is C21H30FNO2. The number of likely N-dealkylation sites (tertiary alicyclic amines) is 1. The van der Waals surface area contributed by atoms with Crippen molar-refractivity contribution in [2.24, 2.45) is 11.8 Å². The third-order valence-electron chi connectivity index (χ3n) is 6.66. The predicted octanol–water partition coefficient (Wildman–Crippen LogP) is 4.46. The molecule has 2 aliphatic rings. The number of hydrogen-bond donors (Lipinski definition) is 1. The van der Waals surface area contributed by atoms with E-state index in [0.29, 0.717) is 18.9 Å². The normalized spacial score (nSPS) is 27.4. The summed E-state index contributed by atoms with van der Waals surface area (Å²) < 4.78 is 13.2. The second kappa shape index (κ2) is 7.45. The second-order valence-corrected chi connectivity index (χ2v) is 8.24. The van der Waals surface area contributed by atoms with Crippen LogP contribution in [0.2, 0.25) is 0 Å². The van der Waals surface area contributed by atoms with Crippen LogP contribution in [-0.4, -0.2) is 35.1 Å². The van der Waals surface area contributed by atoms with Gasteiger partial charge in [0, 0.05) is 6.04 Å². The number of nitrogens with zero attached hydrogens (tertiary/aromatic N) is 1. The molecule has 1 heterocycles. The van der Waals surface area contributed by atoms with Crippen molar-refractivity contribution in [1.29, 1.82) is 0 Å². The quantitative estimate of drug-likeness (QED) is 0.874. The molecule has 25 heavy (non-hydrogen) atoms. The first-order valence-corrected chi connectivity index (χ1v) is 9.66. The van der Waals surface area contributed by atoms with Gasteiger partial charge in [0.2, 0.25) is 0 Å². The maximum atomic E-state index is 13.2. The van der Waals surface area contributed by atoms with Crippen molar-refractivity contribution in [3.8, 4) is 0 Å². The Labute approximate surface area is 150 Å². The van der Waals surface area contributed by atoms with Gasteiger partial charge in [-0.05, 0) is 81.1 Å². The molecule has 0 radical (unpaired) electrons. The number of aliphatic carboxylic acids is 1. The summed E-state index contributed by atoms with van der Waals surface area (Å²) in [6.45, 7) is 6.27. The number of halogens is 1. The highest BCUT2D eigenvalue weighted by atomic mass is 19.1. The summed E-state index contributed by atoms with van der Waals surface area (Å²) in [5.41, 5.74) is -0.121. The smallest absolute Gasteiger partial charge is 0.314 e. The third-order valence-corrected chi connectivity index (χ3v) is 6.66. The minimum absolute atomic E-state index is 0.316. The first-order valence-electron chi connectivity index (χ1n) is 9.66. The first-order chi connectivity index (χ1) is 11.9. The summed E-state index contributed by atoms with van der Waals surface area (Å²) in [6.07, 6.45) is 6.27. The predicted molar refractivity (Wildman–Crippen MR) is 97.1 cm³/mol. The molecule has 138 valence electrons. The molecule has 1 aromatic rings. The highest BCUT2D eigenvalue weighted by molar-refractivity contribution is 5.81. The molecule has 1 N–H and O–H groups in total. The number of carboxylic acids is 1. The van der Waals surface area contributed by atoms with E-state index in [-0.39, 0.29) is 5.82 Å². The van der Waals surface area contributed by atoms with Gasteiger partial charge in [-0.15, -0.1) is 0 Å². The Kier molecular flexibility index (Phi) is 5.47. The van der Waals surface area contributed by atoms with Crippen molar-refractivity contribution in [2.75, 3.05) is 13.1 Å². The van der Waals surface area contributed by atoms with Gasteiger partial charge in [0.25, 0.3) is 0 Å². The Hall–Kier alpha value is -1.42. The molecule has 2 fully saturated rings. The molecule has 0 amide bonds. The van der Waals surface area contributed by atoms with Gasteiger partial charge in [-0.3, -0.25) is 4.79 Å². The van der Waals surface area contributed by atoms with Crippen molar-refractivity contribution >= 4 is 5.97 Å². The Morgan fingerprint density at radius 3 is 2.16 bits per heavy atom. The van der Waals surface area contributed by atoms with E-state index >= 15 is 0 Å². The Morgan fingerprint density at radius 2 is 1.68 bits per heavy atom. The van der Waals surface area contributed by atoms with Crippen molar-refractivity contribution in [3.63, 3.8) is 0 Å². The molecule has 0 atom stereocenters. The van der Waals surface area contributed by atoms with E-state index in [0.717, 1.165) is 30.5 Å². The van der Waals surface area contributed by atoms with Gasteiger partial charge in [0.1, 0.15) is 5.82 Å². The number of hydrogen-bond acceptors (Lipinski definition) is 2.